The van der Waals surface area contributed by atoms with E-state index in [4.69, 9.17) is 4.98 Å². The fourth-order valence-electron chi connectivity index (χ4n) is 5.10. The molecule has 2 aromatic carbocycles. The molecule has 3 N–H and O–H groups in total. The lowest BCUT2D eigenvalue weighted by molar-refractivity contribution is 0.101. The Labute approximate surface area is 201 Å². The lowest BCUT2D eigenvalue weighted by Crippen LogP contribution is -2.50. The highest BCUT2D eigenvalue weighted by atomic mass is 16.4. The number of hydrogen-bond acceptors (Lipinski definition) is 5. The minimum Gasteiger partial charge on any atom is -0.465 e. The van der Waals surface area contributed by atoms with E-state index in [-0.39, 0.29) is 5.78 Å². The van der Waals surface area contributed by atoms with Crippen LogP contribution in [-0.4, -0.2) is 31.5 Å². The number of carboxylic acid groups (broad SMARTS) is 1. The number of benzene rings is 2. The number of carbonyl (C=O) groups excluding carboxylic acids is 1. The van der Waals surface area contributed by atoms with E-state index in [1.807, 2.05) is 65.2 Å². The molecular formula is C27H23N5O3. The van der Waals surface area contributed by atoms with Crippen LogP contribution >= 0.6 is 0 Å². The van der Waals surface area contributed by atoms with Gasteiger partial charge in [-0.15, -0.1) is 0 Å². The molecule has 174 valence electrons. The molecule has 4 aromatic rings. The summed E-state index contributed by atoms with van der Waals surface area (Å²) in [5.41, 5.74) is 4.76. The maximum Gasteiger partial charge on any atom is 0.405 e. The van der Waals surface area contributed by atoms with Crippen LogP contribution in [0.15, 0.2) is 66.9 Å². The van der Waals surface area contributed by atoms with Gasteiger partial charge in [0.15, 0.2) is 11.6 Å². The molecule has 0 atom stereocenters. The van der Waals surface area contributed by atoms with Gasteiger partial charge in [-0.3, -0.25) is 9.36 Å². The van der Waals surface area contributed by atoms with E-state index in [0.29, 0.717) is 23.0 Å². The summed E-state index contributed by atoms with van der Waals surface area (Å²) >= 11 is 0. The first-order valence-electron chi connectivity index (χ1n) is 11.5. The van der Waals surface area contributed by atoms with E-state index in [2.05, 4.69) is 15.6 Å². The molecule has 0 saturated heterocycles. The van der Waals surface area contributed by atoms with Gasteiger partial charge in [-0.1, -0.05) is 36.4 Å². The van der Waals surface area contributed by atoms with E-state index in [1.54, 1.807) is 6.20 Å². The number of ketones is 1. The third kappa shape index (κ3) is 3.29. The predicted octanol–water partition coefficient (Wildman–Crippen LogP) is 5.51. The fourth-order valence-corrected chi connectivity index (χ4v) is 5.10. The normalized spacial score (nSPS) is 14.9. The predicted molar refractivity (Wildman–Crippen MR) is 132 cm³/mol. The van der Waals surface area contributed by atoms with Gasteiger partial charge in [0.05, 0.1) is 22.6 Å². The van der Waals surface area contributed by atoms with Crippen molar-refractivity contribution >= 4 is 23.4 Å². The number of Topliss-reactive ketones (excluding diaryl/α,β-unsaturated/α-hetero) is 1. The molecule has 0 unspecified atom stereocenters. The molecule has 8 heteroatoms. The molecule has 8 nitrogen and oxygen atoms in total. The summed E-state index contributed by atoms with van der Waals surface area (Å²) in [5, 5.41) is 15.4. The van der Waals surface area contributed by atoms with Gasteiger partial charge in [0.1, 0.15) is 11.5 Å². The molecule has 1 aliphatic carbocycles. The van der Waals surface area contributed by atoms with Crippen LogP contribution in [0.25, 0.3) is 28.3 Å². The summed E-state index contributed by atoms with van der Waals surface area (Å²) < 4.78 is 1.99. The van der Waals surface area contributed by atoms with Gasteiger partial charge in [0.25, 0.3) is 0 Å². The first-order valence-corrected chi connectivity index (χ1v) is 11.5. The van der Waals surface area contributed by atoms with Crippen molar-refractivity contribution in [1.82, 2.24) is 19.9 Å². The summed E-state index contributed by atoms with van der Waals surface area (Å²) in [7, 11) is 0. The van der Waals surface area contributed by atoms with Crippen molar-refractivity contribution in [3.8, 4) is 28.3 Å². The second-order valence-electron chi connectivity index (χ2n) is 9.01. The average molecular weight is 466 g/mol. The van der Waals surface area contributed by atoms with Crippen molar-refractivity contribution in [2.75, 3.05) is 5.32 Å². The number of pyridine rings is 1. The molecule has 35 heavy (non-hydrogen) atoms. The van der Waals surface area contributed by atoms with E-state index in [1.165, 1.54) is 6.92 Å². The van der Waals surface area contributed by atoms with Crippen LogP contribution in [0.5, 0.6) is 0 Å². The SMILES string of the molecule is CC(=O)c1nc2n(c1-c1ccc(C3(NC(=O)O)CCC3)cc1)-c1cccnc1Nc1ccccc1-2. The maximum absolute atomic E-state index is 12.8. The Kier molecular flexibility index (Phi) is 4.70. The van der Waals surface area contributed by atoms with Crippen molar-refractivity contribution in [3.63, 3.8) is 0 Å². The van der Waals surface area contributed by atoms with E-state index >= 15 is 0 Å². The smallest absolute Gasteiger partial charge is 0.405 e. The van der Waals surface area contributed by atoms with Gasteiger partial charge in [0, 0.05) is 24.2 Å². The highest BCUT2D eigenvalue weighted by Crippen LogP contribution is 2.44. The highest BCUT2D eigenvalue weighted by Gasteiger charge is 2.40. The molecule has 0 spiro atoms. The summed E-state index contributed by atoms with van der Waals surface area (Å²) in [4.78, 5) is 33.6. The number of rotatable bonds is 4. The van der Waals surface area contributed by atoms with Crippen molar-refractivity contribution in [1.29, 1.82) is 0 Å². The third-order valence-electron chi connectivity index (χ3n) is 6.92. The van der Waals surface area contributed by atoms with Gasteiger partial charge in [-0.25, -0.2) is 14.8 Å². The molecule has 1 fully saturated rings. The molecule has 2 aromatic heterocycles. The van der Waals surface area contributed by atoms with Gasteiger partial charge < -0.3 is 15.7 Å². The van der Waals surface area contributed by atoms with Crippen LogP contribution < -0.4 is 10.6 Å². The van der Waals surface area contributed by atoms with Crippen molar-refractivity contribution < 1.29 is 14.7 Å². The Bertz CT molecular complexity index is 1490. The molecule has 0 radical (unpaired) electrons. The van der Waals surface area contributed by atoms with Crippen LogP contribution in [0.4, 0.5) is 16.3 Å². The number of amides is 1. The Hall–Kier alpha value is -4.46. The van der Waals surface area contributed by atoms with E-state index < -0.39 is 11.6 Å². The zero-order valence-electron chi connectivity index (χ0n) is 19.1. The highest BCUT2D eigenvalue weighted by molar-refractivity contribution is 6.01. The Morgan fingerprint density at radius 3 is 2.51 bits per heavy atom. The van der Waals surface area contributed by atoms with Crippen molar-refractivity contribution in [2.45, 2.75) is 31.7 Å². The summed E-state index contributed by atoms with van der Waals surface area (Å²) in [5.74, 6) is 1.19. The third-order valence-corrected chi connectivity index (χ3v) is 6.92. The topological polar surface area (TPSA) is 109 Å². The Morgan fingerprint density at radius 2 is 1.83 bits per heavy atom. The first-order chi connectivity index (χ1) is 17.0. The number of aromatic nitrogens is 3. The second-order valence-corrected chi connectivity index (χ2v) is 9.01. The standard InChI is InChI=1S/C27H23N5O3/c1-16(33)22-23(17-9-11-18(12-10-17)27(13-5-14-27)31-26(34)35)32-21-8-4-15-28-24(21)29-20-7-3-2-6-19(20)25(32)30-22/h2-4,6-12,15,31H,5,13-14H2,1H3,(H,28,29)(H,34,35). The van der Waals surface area contributed by atoms with Crippen LogP contribution in [0.1, 0.15) is 42.2 Å². The van der Waals surface area contributed by atoms with Crippen LogP contribution in [-0.2, 0) is 5.54 Å². The Balaban J connectivity index is 1.57. The molecule has 6 rings (SSSR count). The largest absolute Gasteiger partial charge is 0.465 e. The number of carbonyl (C=O) groups is 2. The summed E-state index contributed by atoms with van der Waals surface area (Å²) in [6.07, 6.45) is 3.21. The lowest BCUT2D eigenvalue weighted by Gasteiger charge is -2.42. The van der Waals surface area contributed by atoms with Crippen LogP contribution in [0.2, 0.25) is 0 Å². The molecular weight excluding hydrogens is 442 g/mol. The number of para-hydroxylation sites is 1. The molecule has 1 amide bonds. The van der Waals surface area contributed by atoms with Gasteiger partial charge in [-0.2, -0.15) is 0 Å². The fraction of sp³-hybridized carbons (Fsp3) is 0.185. The molecule has 0 bridgehead atoms. The summed E-state index contributed by atoms with van der Waals surface area (Å²) in [6, 6.07) is 19.4. The van der Waals surface area contributed by atoms with Crippen molar-refractivity contribution in [3.05, 3.63) is 78.1 Å². The monoisotopic (exact) mass is 465 g/mol. The minimum atomic E-state index is -1.02. The minimum absolute atomic E-state index is 0.136. The van der Waals surface area contributed by atoms with E-state index in [0.717, 1.165) is 47.3 Å². The van der Waals surface area contributed by atoms with Gasteiger partial charge >= 0.3 is 6.09 Å². The number of nitrogens with zero attached hydrogens (tertiary/aromatic N) is 3. The lowest BCUT2D eigenvalue weighted by atomic mass is 9.72. The number of nitrogens with one attached hydrogen (secondary N) is 2. The molecule has 1 saturated carbocycles. The van der Waals surface area contributed by atoms with Crippen LogP contribution in [0.3, 0.4) is 0 Å². The first kappa shape index (κ1) is 21.1. The van der Waals surface area contributed by atoms with Crippen LogP contribution in [0, 0.1) is 0 Å². The number of fused-ring (bicyclic) bond motifs is 5. The number of imidazole rings is 1. The van der Waals surface area contributed by atoms with Gasteiger partial charge in [0.2, 0.25) is 0 Å². The number of anilines is 2. The molecule has 3 heterocycles. The maximum atomic E-state index is 12.8. The van der Waals surface area contributed by atoms with E-state index in [9.17, 15) is 14.7 Å². The molecule has 1 aliphatic heterocycles. The average Bonchev–Trinajstić information content (AvgIpc) is 3.17. The summed E-state index contributed by atoms with van der Waals surface area (Å²) in [6.45, 7) is 1.52. The number of hydrogen-bond donors (Lipinski definition) is 3. The zero-order chi connectivity index (χ0) is 24.2. The second kappa shape index (κ2) is 7.80. The van der Waals surface area contributed by atoms with Gasteiger partial charge in [-0.05, 0) is 49.1 Å². The van der Waals surface area contributed by atoms with Crippen molar-refractivity contribution in [2.24, 2.45) is 0 Å². The molecule has 2 aliphatic rings. The quantitative estimate of drug-likeness (QED) is 0.302. The Morgan fingerprint density at radius 1 is 1.06 bits per heavy atom. The zero-order valence-corrected chi connectivity index (χ0v) is 19.1.